The third kappa shape index (κ3) is 12.1. The van der Waals surface area contributed by atoms with E-state index in [4.69, 9.17) is 30.0 Å². The maximum atomic E-state index is 11.4. The van der Waals surface area contributed by atoms with Crippen molar-refractivity contribution in [3.63, 3.8) is 0 Å². The van der Waals surface area contributed by atoms with Gasteiger partial charge in [-0.2, -0.15) is 15.3 Å². The van der Waals surface area contributed by atoms with Crippen LogP contribution >= 0.6 is 7.26 Å². The monoisotopic (exact) mass is 824 g/mol. The van der Waals surface area contributed by atoms with E-state index in [0.717, 1.165) is 0 Å². The molecule has 49 heavy (non-hydrogen) atoms. The Bertz CT molecular complexity index is 1630. The van der Waals surface area contributed by atoms with Gasteiger partial charge in [0.15, 0.2) is 6.35 Å². The number of amidine groups is 2. The molecule has 0 aliphatic rings. The summed E-state index contributed by atoms with van der Waals surface area (Å²) in [5.41, 5.74) is 2.30. The third-order valence-electron chi connectivity index (χ3n) is 6.97. The maximum absolute atomic E-state index is 11.4. The zero-order valence-corrected chi connectivity index (χ0v) is 32.2. The summed E-state index contributed by atoms with van der Waals surface area (Å²) in [6.45, 7) is 4.08. The second-order valence-electron chi connectivity index (χ2n) is 10.2. The van der Waals surface area contributed by atoms with E-state index in [9.17, 15) is 4.79 Å². The van der Waals surface area contributed by atoms with Gasteiger partial charge in [0, 0.05) is 31.8 Å². The topological polar surface area (TPSA) is 112 Å². The van der Waals surface area contributed by atoms with Crippen molar-refractivity contribution in [3.05, 3.63) is 121 Å². The van der Waals surface area contributed by atoms with E-state index in [2.05, 4.69) is 109 Å². The molecule has 3 N–H and O–H groups in total. The van der Waals surface area contributed by atoms with Gasteiger partial charge in [-0.1, -0.05) is 66.7 Å². The average Bonchev–Trinajstić information content (AvgIpc) is 3.10. The zero-order valence-electron chi connectivity index (χ0n) is 27.1. The number of halogens is 1. The number of carbonyl (C=O) groups excluding carboxylic acids is 1. The quantitative estimate of drug-likeness (QED) is 0.0357. The summed E-state index contributed by atoms with van der Waals surface area (Å²) in [6.07, 6.45) is 0.534. The molecule has 0 saturated carbocycles. The van der Waals surface area contributed by atoms with Crippen LogP contribution in [0.15, 0.2) is 136 Å². The molecule has 1 amide bonds. The van der Waals surface area contributed by atoms with Gasteiger partial charge in [0.2, 0.25) is 5.91 Å². The van der Waals surface area contributed by atoms with Crippen LogP contribution in [0.1, 0.15) is 19.4 Å². The fourth-order valence-electron chi connectivity index (χ4n) is 4.75. The molecule has 0 aliphatic heterocycles. The van der Waals surface area contributed by atoms with Gasteiger partial charge in [0.05, 0.1) is 12.3 Å². The van der Waals surface area contributed by atoms with Gasteiger partial charge in [-0.15, -0.1) is 5.10 Å². The second-order valence-corrected chi connectivity index (χ2v) is 14.4. The fraction of sp³-hybridized carbons (Fsp3) is 0.171. The van der Waals surface area contributed by atoms with Crippen molar-refractivity contribution >= 4 is 81.8 Å². The van der Waals surface area contributed by atoms with Crippen molar-refractivity contribution in [1.82, 2.24) is 10.6 Å². The summed E-state index contributed by atoms with van der Waals surface area (Å²) in [4.78, 5) is 11.4. The van der Waals surface area contributed by atoms with Crippen molar-refractivity contribution in [3.8, 4) is 0 Å². The van der Waals surface area contributed by atoms with Crippen LogP contribution in [0, 0.1) is 0 Å². The molecular weight excluding hydrogens is 789 g/mol. The van der Waals surface area contributed by atoms with Crippen LogP contribution in [0.2, 0.25) is 0 Å². The van der Waals surface area contributed by atoms with Crippen LogP contribution in [-0.4, -0.2) is 54.2 Å². The van der Waals surface area contributed by atoms with Crippen molar-refractivity contribution < 1.29 is 43.6 Å². The Kier molecular flexibility index (Phi) is 18.3. The number of nitrogens with one attached hydrogen (secondary N) is 3. The standard InChI is InChI=1S/C35H38N7O2PS2.BrH.Cu/c1-26(33(40-41-34(46)36-3)28-19-21-29(22-20-28)38-27(2)43)39-42-35(47)37-23-24-44-25-45(30-13-7-4-8-14-30,31-15-9-5-10-16-31)32-17-11-6-12-18-32;;/h4-22H,23-25H2,1-3H3,(H4-,36,37,38,39,40,41,42,43,46,47);1H;/q;;+2/p-2. The molecule has 0 fully saturated rings. The fourth-order valence-corrected chi connectivity index (χ4v) is 8.72. The molecule has 259 valence electrons. The van der Waals surface area contributed by atoms with Crippen LogP contribution in [0.25, 0.3) is 0 Å². The molecule has 4 aromatic carbocycles. The molecule has 9 nitrogen and oxygen atoms in total. The molecule has 14 heteroatoms. The van der Waals surface area contributed by atoms with E-state index < -0.39 is 7.26 Å². The van der Waals surface area contributed by atoms with Gasteiger partial charge in [0.25, 0.3) is 0 Å². The first-order valence-corrected chi connectivity index (χ1v) is 17.7. The van der Waals surface area contributed by atoms with Crippen molar-refractivity contribution in [1.29, 1.82) is 0 Å². The summed E-state index contributed by atoms with van der Waals surface area (Å²) >= 11 is 10.6. The zero-order chi connectivity index (χ0) is 33.5. The molecule has 0 atom stereocenters. The Balaban J connectivity index is 0.00000417. The molecule has 0 aromatic heterocycles. The van der Waals surface area contributed by atoms with Crippen LogP contribution in [0.5, 0.6) is 0 Å². The maximum Gasteiger partial charge on any atom is 2.00 e. The smallest absolute Gasteiger partial charge is 1.00 e. The minimum atomic E-state index is -2.09. The predicted molar refractivity (Wildman–Crippen MR) is 203 cm³/mol. The van der Waals surface area contributed by atoms with Gasteiger partial charge in [-0.25, -0.2) is 0 Å². The minimum Gasteiger partial charge on any atom is -1.00 e. The third-order valence-corrected chi connectivity index (χ3v) is 11.6. The van der Waals surface area contributed by atoms with E-state index in [-0.39, 0.29) is 50.3 Å². The van der Waals surface area contributed by atoms with Crippen LogP contribution < -0.4 is 48.8 Å². The molecule has 0 aliphatic carbocycles. The van der Waals surface area contributed by atoms with Gasteiger partial charge >= 0.3 is 17.1 Å². The number of rotatable bonds is 13. The molecule has 0 heterocycles. The van der Waals surface area contributed by atoms with Gasteiger partial charge in [0.1, 0.15) is 28.9 Å². The molecule has 0 spiro atoms. The number of hydrogen-bond donors (Lipinski definition) is 3. The summed E-state index contributed by atoms with van der Waals surface area (Å²) in [6, 6.07) is 38.9. The van der Waals surface area contributed by atoms with Crippen molar-refractivity contribution in [2.75, 3.05) is 31.9 Å². The van der Waals surface area contributed by atoms with Crippen molar-refractivity contribution in [2.24, 2.45) is 20.4 Å². The van der Waals surface area contributed by atoms with E-state index in [0.29, 0.717) is 42.2 Å². The predicted octanol–water partition coefficient (Wildman–Crippen LogP) is 1.31. The Labute approximate surface area is 321 Å². The number of nitrogens with zero attached hydrogens (tertiary/aromatic N) is 4. The summed E-state index contributed by atoms with van der Waals surface area (Å²) in [5.74, 6) is -0.159. The molecule has 0 bridgehead atoms. The Morgan fingerprint density at radius 3 is 1.67 bits per heavy atom. The SMILES string of the molecule is CNC([S-])=NN=C(C(C)=NN=C([S-])NCCOC[P+](c1ccccc1)(c1ccccc1)c1ccccc1)c1ccc(NC(C)=O)cc1.[Br-].[Cu+2]. The van der Waals surface area contributed by atoms with Crippen LogP contribution in [0.3, 0.4) is 0 Å². The van der Waals surface area contributed by atoms with Crippen LogP contribution in [-0.2, 0) is 51.9 Å². The van der Waals surface area contributed by atoms with E-state index in [1.54, 1.807) is 38.2 Å². The first-order valence-electron chi connectivity index (χ1n) is 14.9. The minimum absolute atomic E-state index is 0. The number of amides is 1. The Morgan fingerprint density at radius 1 is 0.714 bits per heavy atom. The number of carbonyl (C=O) groups is 1. The summed E-state index contributed by atoms with van der Waals surface area (Å²) in [7, 11) is -0.428. The number of ether oxygens (including phenoxy) is 1. The average molecular weight is 826 g/mol. The summed E-state index contributed by atoms with van der Waals surface area (Å²) in [5, 5.41) is 29.7. The summed E-state index contributed by atoms with van der Waals surface area (Å²) < 4.78 is 6.41. The normalized spacial score (nSPS) is 12.3. The number of anilines is 1. The molecule has 4 rings (SSSR count). The largest absolute Gasteiger partial charge is 2.00 e. The molecule has 1 radical (unpaired) electrons. The number of hydrogen-bond acceptors (Lipinski definition) is 8. The van der Waals surface area contributed by atoms with Crippen molar-refractivity contribution in [2.45, 2.75) is 13.8 Å². The van der Waals surface area contributed by atoms with Crippen LogP contribution in [0.4, 0.5) is 5.69 Å². The van der Waals surface area contributed by atoms with E-state index >= 15 is 0 Å². The van der Waals surface area contributed by atoms with E-state index in [1.165, 1.54) is 22.8 Å². The van der Waals surface area contributed by atoms with Gasteiger partial charge in [-0.3, -0.25) is 4.79 Å². The van der Waals surface area contributed by atoms with Gasteiger partial charge < -0.3 is 62.9 Å². The number of benzene rings is 4. The van der Waals surface area contributed by atoms with Gasteiger partial charge in [-0.05, 0) is 65.8 Å². The molecule has 0 unspecified atom stereocenters. The Hall–Kier alpha value is -3.54. The molecular formula is C35H37BrCuN7O2PS2. The second kappa shape index (κ2) is 21.5. The first kappa shape index (κ1) is 41.6. The molecule has 0 saturated heterocycles. The first-order chi connectivity index (χ1) is 22.8. The Morgan fingerprint density at radius 2 is 1.20 bits per heavy atom. The van der Waals surface area contributed by atoms with E-state index in [1.807, 2.05) is 18.2 Å². The molecule has 4 aromatic rings.